The van der Waals surface area contributed by atoms with Gasteiger partial charge in [-0.25, -0.2) is 9.48 Å². The van der Waals surface area contributed by atoms with E-state index in [4.69, 9.17) is 22.1 Å². The van der Waals surface area contributed by atoms with Crippen molar-refractivity contribution < 1.29 is 14.3 Å². The van der Waals surface area contributed by atoms with E-state index in [1.54, 1.807) is 29.9 Å². The number of halogens is 1. The van der Waals surface area contributed by atoms with Gasteiger partial charge in [0.25, 0.3) is 0 Å². The molecule has 4 rings (SSSR count). The number of carbonyl (C=O) groups is 2. The summed E-state index contributed by atoms with van der Waals surface area (Å²) in [6.45, 7) is 3.84. The Morgan fingerprint density at radius 3 is 2.94 bits per heavy atom. The standard InChI is InChI=1S/C22H24ClN5O3/c1-2-31-22(30)17-11-26-28(19-7-8-25-18-10-15(23)5-6-16(18)19)20(17)13-27-9-3-4-14(12-27)21(24)29/h5-8,10-11,14H,2-4,9,12-13H2,1H3,(H2,24,29)/t14-/m1/s1. The summed E-state index contributed by atoms with van der Waals surface area (Å²) in [5.41, 5.74) is 8.17. The van der Waals surface area contributed by atoms with E-state index in [-0.39, 0.29) is 18.4 Å². The van der Waals surface area contributed by atoms with Crippen LogP contribution in [0.15, 0.2) is 36.7 Å². The minimum Gasteiger partial charge on any atom is -0.462 e. The Kier molecular flexibility index (Phi) is 6.20. The third-order valence-electron chi connectivity index (χ3n) is 5.56. The first kappa shape index (κ1) is 21.3. The molecule has 0 radical (unpaired) electrons. The molecule has 31 heavy (non-hydrogen) atoms. The molecule has 0 spiro atoms. The quantitative estimate of drug-likeness (QED) is 0.590. The Morgan fingerprint density at radius 1 is 1.32 bits per heavy atom. The van der Waals surface area contributed by atoms with E-state index in [1.165, 1.54) is 6.20 Å². The summed E-state index contributed by atoms with van der Waals surface area (Å²) in [6.07, 6.45) is 4.87. The van der Waals surface area contributed by atoms with Crippen molar-refractivity contribution >= 4 is 34.4 Å². The second-order valence-electron chi connectivity index (χ2n) is 7.61. The lowest BCUT2D eigenvalue weighted by Crippen LogP contribution is -2.41. The van der Waals surface area contributed by atoms with E-state index in [2.05, 4.69) is 15.0 Å². The molecule has 0 bridgehead atoms. The van der Waals surface area contributed by atoms with Gasteiger partial charge in [0, 0.05) is 29.7 Å². The van der Waals surface area contributed by atoms with Crippen LogP contribution in [0.1, 0.15) is 35.8 Å². The topological polar surface area (TPSA) is 103 Å². The van der Waals surface area contributed by atoms with Gasteiger partial charge in [-0.15, -0.1) is 0 Å². The Morgan fingerprint density at radius 2 is 2.16 bits per heavy atom. The summed E-state index contributed by atoms with van der Waals surface area (Å²) in [5, 5.41) is 5.97. The normalized spacial score (nSPS) is 17.0. The van der Waals surface area contributed by atoms with Crippen molar-refractivity contribution in [3.05, 3.63) is 52.9 Å². The van der Waals surface area contributed by atoms with Gasteiger partial charge in [-0.3, -0.25) is 14.7 Å². The predicted molar refractivity (Wildman–Crippen MR) is 117 cm³/mol. The minimum absolute atomic E-state index is 0.194. The highest BCUT2D eigenvalue weighted by atomic mass is 35.5. The number of carbonyl (C=O) groups excluding carboxylic acids is 2. The van der Waals surface area contributed by atoms with Crippen LogP contribution in [0.5, 0.6) is 0 Å². The molecule has 2 aromatic heterocycles. The largest absolute Gasteiger partial charge is 0.462 e. The molecule has 8 nitrogen and oxygen atoms in total. The van der Waals surface area contributed by atoms with Gasteiger partial charge in [-0.05, 0) is 50.6 Å². The van der Waals surface area contributed by atoms with Crippen LogP contribution in [0, 0.1) is 5.92 Å². The van der Waals surface area contributed by atoms with Gasteiger partial charge in [0.15, 0.2) is 0 Å². The number of primary amides is 1. The maximum atomic E-state index is 12.6. The van der Waals surface area contributed by atoms with E-state index in [0.29, 0.717) is 29.4 Å². The number of fused-ring (bicyclic) bond motifs is 1. The first-order valence-electron chi connectivity index (χ1n) is 10.3. The molecule has 2 N–H and O–H groups in total. The second-order valence-corrected chi connectivity index (χ2v) is 8.04. The summed E-state index contributed by atoms with van der Waals surface area (Å²) in [7, 11) is 0. The molecule has 1 amide bonds. The molecule has 0 unspecified atom stereocenters. The number of piperidine rings is 1. The van der Waals surface area contributed by atoms with Crippen molar-refractivity contribution in [2.75, 3.05) is 19.7 Å². The van der Waals surface area contributed by atoms with Crippen molar-refractivity contribution in [1.82, 2.24) is 19.7 Å². The van der Waals surface area contributed by atoms with Crippen LogP contribution in [-0.2, 0) is 16.1 Å². The molecule has 0 aliphatic carbocycles. The molecule has 9 heteroatoms. The third-order valence-corrected chi connectivity index (χ3v) is 5.79. The highest BCUT2D eigenvalue weighted by Crippen LogP contribution is 2.27. The van der Waals surface area contributed by atoms with Crippen molar-refractivity contribution in [3.63, 3.8) is 0 Å². The molecule has 0 saturated carbocycles. The predicted octanol–water partition coefficient (Wildman–Crippen LogP) is 2.95. The summed E-state index contributed by atoms with van der Waals surface area (Å²) >= 11 is 6.13. The Hall–Kier alpha value is -2.97. The monoisotopic (exact) mass is 441 g/mol. The lowest BCUT2D eigenvalue weighted by atomic mass is 9.97. The lowest BCUT2D eigenvalue weighted by molar-refractivity contribution is -0.123. The number of hydrogen-bond acceptors (Lipinski definition) is 6. The number of esters is 1. The minimum atomic E-state index is -0.423. The fraction of sp³-hybridized carbons (Fsp3) is 0.364. The molecule has 1 aliphatic rings. The molecule has 162 valence electrons. The molecule has 3 aromatic rings. The van der Waals surface area contributed by atoms with E-state index in [1.807, 2.05) is 12.1 Å². The van der Waals surface area contributed by atoms with Crippen molar-refractivity contribution in [1.29, 1.82) is 0 Å². The molecule has 1 fully saturated rings. The number of amides is 1. The SMILES string of the molecule is CCOC(=O)c1cnn(-c2ccnc3cc(Cl)ccc23)c1CN1CCC[C@@H](C(N)=O)C1. The average Bonchev–Trinajstić information content (AvgIpc) is 3.16. The van der Waals surface area contributed by atoms with Gasteiger partial charge in [-0.2, -0.15) is 5.10 Å². The molecular formula is C22H24ClN5O3. The van der Waals surface area contributed by atoms with Gasteiger partial charge in [0.05, 0.1) is 35.6 Å². The van der Waals surface area contributed by atoms with E-state index < -0.39 is 5.97 Å². The summed E-state index contributed by atoms with van der Waals surface area (Å²) in [4.78, 5) is 30.9. The summed E-state index contributed by atoms with van der Waals surface area (Å²) in [5.74, 6) is -0.908. The molecule has 1 saturated heterocycles. The number of aromatic nitrogens is 3. The Balaban J connectivity index is 1.77. The zero-order chi connectivity index (χ0) is 22.0. The van der Waals surface area contributed by atoms with Crippen molar-refractivity contribution in [2.24, 2.45) is 11.7 Å². The lowest BCUT2D eigenvalue weighted by Gasteiger charge is -2.31. The zero-order valence-corrected chi connectivity index (χ0v) is 18.0. The number of rotatable bonds is 6. The number of likely N-dealkylation sites (tertiary alicyclic amines) is 1. The van der Waals surface area contributed by atoms with Crippen LogP contribution < -0.4 is 5.73 Å². The summed E-state index contributed by atoms with van der Waals surface area (Å²) in [6, 6.07) is 7.33. The van der Waals surface area contributed by atoms with E-state index >= 15 is 0 Å². The van der Waals surface area contributed by atoms with Crippen molar-refractivity contribution in [2.45, 2.75) is 26.3 Å². The highest BCUT2D eigenvalue weighted by molar-refractivity contribution is 6.31. The zero-order valence-electron chi connectivity index (χ0n) is 17.3. The number of nitrogens with two attached hydrogens (primary N) is 1. The fourth-order valence-corrected chi connectivity index (χ4v) is 4.21. The number of benzene rings is 1. The van der Waals surface area contributed by atoms with Gasteiger partial charge in [0.1, 0.15) is 5.56 Å². The Labute approximate surface area is 184 Å². The van der Waals surface area contributed by atoms with Crippen LogP contribution >= 0.6 is 11.6 Å². The fourth-order valence-electron chi connectivity index (χ4n) is 4.05. The van der Waals surface area contributed by atoms with Crippen LogP contribution in [-0.4, -0.2) is 51.2 Å². The van der Waals surface area contributed by atoms with Crippen molar-refractivity contribution in [3.8, 4) is 5.69 Å². The van der Waals surface area contributed by atoms with E-state index in [0.717, 1.165) is 36.0 Å². The van der Waals surface area contributed by atoms with Gasteiger partial charge >= 0.3 is 5.97 Å². The Bertz CT molecular complexity index is 1130. The summed E-state index contributed by atoms with van der Waals surface area (Å²) < 4.78 is 7.00. The third kappa shape index (κ3) is 4.40. The highest BCUT2D eigenvalue weighted by Gasteiger charge is 2.27. The van der Waals surface area contributed by atoms with Gasteiger partial charge < -0.3 is 10.5 Å². The first-order valence-corrected chi connectivity index (χ1v) is 10.7. The van der Waals surface area contributed by atoms with Crippen LogP contribution in [0.4, 0.5) is 0 Å². The second kappa shape index (κ2) is 9.03. The number of ether oxygens (including phenoxy) is 1. The molecule has 3 heterocycles. The van der Waals surface area contributed by atoms with Crippen LogP contribution in [0.3, 0.4) is 0 Å². The molecule has 1 atom stereocenters. The van der Waals surface area contributed by atoms with E-state index in [9.17, 15) is 9.59 Å². The maximum Gasteiger partial charge on any atom is 0.341 e. The van der Waals surface area contributed by atoms with Gasteiger partial charge in [-0.1, -0.05) is 11.6 Å². The maximum absolute atomic E-state index is 12.6. The van der Waals surface area contributed by atoms with Crippen LogP contribution in [0.2, 0.25) is 5.02 Å². The number of nitrogens with zero attached hydrogens (tertiary/aromatic N) is 4. The number of hydrogen-bond donors (Lipinski definition) is 1. The van der Waals surface area contributed by atoms with Crippen LogP contribution in [0.25, 0.3) is 16.6 Å². The molecular weight excluding hydrogens is 418 g/mol. The molecule has 1 aromatic carbocycles. The van der Waals surface area contributed by atoms with Gasteiger partial charge in [0.2, 0.25) is 5.91 Å². The average molecular weight is 442 g/mol. The first-order chi connectivity index (χ1) is 15.0. The molecule has 1 aliphatic heterocycles. The smallest absolute Gasteiger partial charge is 0.341 e. The number of pyridine rings is 1.